The van der Waals surface area contributed by atoms with Crippen LogP contribution < -0.4 is 5.73 Å². The monoisotopic (exact) mass is 194 g/mol. The van der Waals surface area contributed by atoms with E-state index in [2.05, 4.69) is 10.1 Å². The van der Waals surface area contributed by atoms with Crippen LogP contribution in [0.1, 0.15) is 0 Å². The van der Waals surface area contributed by atoms with Crippen molar-refractivity contribution >= 4 is 0 Å². The van der Waals surface area contributed by atoms with E-state index in [0.717, 1.165) is 4.68 Å². The van der Waals surface area contributed by atoms with E-state index in [1.807, 2.05) is 0 Å². The van der Waals surface area contributed by atoms with Gasteiger partial charge in [-0.1, -0.05) is 0 Å². The van der Waals surface area contributed by atoms with Crippen molar-refractivity contribution in [2.24, 2.45) is 11.7 Å². The summed E-state index contributed by atoms with van der Waals surface area (Å²) >= 11 is 0. The van der Waals surface area contributed by atoms with E-state index >= 15 is 0 Å². The standard InChI is InChI=1S/C6H9F3N4/c7-6(8,9)5(1-10)2-13-4-11-3-12-13/h3-5H,1-2,10H2. The second-order valence-electron chi connectivity index (χ2n) is 2.59. The maximum atomic E-state index is 12.2. The number of nitrogens with two attached hydrogens (primary N) is 1. The average Bonchev–Trinajstić information content (AvgIpc) is 2.49. The first-order chi connectivity index (χ1) is 6.04. The minimum Gasteiger partial charge on any atom is -0.330 e. The molecule has 1 atom stereocenters. The summed E-state index contributed by atoms with van der Waals surface area (Å²) in [5.41, 5.74) is 4.99. The SMILES string of the molecule is NCC(Cn1cncn1)C(F)(F)F. The molecule has 0 aliphatic carbocycles. The van der Waals surface area contributed by atoms with Gasteiger partial charge in [0.25, 0.3) is 0 Å². The maximum Gasteiger partial charge on any atom is 0.394 e. The number of halogens is 3. The summed E-state index contributed by atoms with van der Waals surface area (Å²) in [6, 6.07) is 0. The number of nitrogens with zero attached hydrogens (tertiary/aromatic N) is 3. The van der Waals surface area contributed by atoms with Crippen molar-refractivity contribution in [3.8, 4) is 0 Å². The van der Waals surface area contributed by atoms with E-state index in [9.17, 15) is 13.2 Å². The number of hydrogen-bond donors (Lipinski definition) is 1. The Morgan fingerprint density at radius 2 is 2.15 bits per heavy atom. The molecule has 0 amide bonds. The van der Waals surface area contributed by atoms with Crippen molar-refractivity contribution in [2.45, 2.75) is 12.7 Å². The van der Waals surface area contributed by atoms with Crippen LogP contribution in [0.4, 0.5) is 13.2 Å². The summed E-state index contributed by atoms with van der Waals surface area (Å²) in [6.07, 6.45) is -1.86. The minimum absolute atomic E-state index is 0.278. The zero-order valence-electron chi connectivity index (χ0n) is 6.70. The van der Waals surface area contributed by atoms with Gasteiger partial charge in [-0.15, -0.1) is 0 Å². The van der Waals surface area contributed by atoms with Gasteiger partial charge in [-0.05, 0) is 0 Å². The molecule has 0 spiro atoms. The molecule has 0 radical (unpaired) electrons. The first kappa shape index (κ1) is 9.97. The molecule has 4 nitrogen and oxygen atoms in total. The van der Waals surface area contributed by atoms with Crippen LogP contribution in [-0.4, -0.2) is 27.5 Å². The fourth-order valence-corrected chi connectivity index (χ4v) is 0.864. The topological polar surface area (TPSA) is 56.7 Å². The Morgan fingerprint density at radius 1 is 1.46 bits per heavy atom. The number of rotatable bonds is 3. The molecule has 1 rings (SSSR count). The predicted octanol–water partition coefficient (Wildman–Crippen LogP) is 0.415. The molecule has 0 saturated heterocycles. The summed E-state index contributed by atoms with van der Waals surface area (Å²) in [6.45, 7) is -0.719. The van der Waals surface area contributed by atoms with Crippen LogP contribution in [0.25, 0.3) is 0 Å². The van der Waals surface area contributed by atoms with Gasteiger partial charge in [0.2, 0.25) is 0 Å². The zero-order valence-corrected chi connectivity index (χ0v) is 6.70. The molecule has 74 valence electrons. The summed E-state index contributed by atoms with van der Waals surface area (Å²) in [5.74, 6) is -1.56. The van der Waals surface area contributed by atoms with E-state index in [1.165, 1.54) is 12.7 Å². The quantitative estimate of drug-likeness (QED) is 0.758. The lowest BCUT2D eigenvalue weighted by molar-refractivity contribution is -0.175. The van der Waals surface area contributed by atoms with Crippen molar-refractivity contribution in [1.82, 2.24) is 14.8 Å². The highest BCUT2D eigenvalue weighted by Crippen LogP contribution is 2.26. The second-order valence-corrected chi connectivity index (χ2v) is 2.59. The molecule has 13 heavy (non-hydrogen) atoms. The Bertz CT molecular complexity index is 243. The van der Waals surface area contributed by atoms with Gasteiger partial charge in [0.15, 0.2) is 0 Å². The summed E-state index contributed by atoms with van der Waals surface area (Å²) < 4.78 is 37.6. The Hall–Kier alpha value is -1.11. The van der Waals surface area contributed by atoms with Crippen LogP contribution in [-0.2, 0) is 6.54 Å². The van der Waals surface area contributed by atoms with Crippen molar-refractivity contribution in [1.29, 1.82) is 0 Å². The molecule has 1 unspecified atom stereocenters. The highest BCUT2D eigenvalue weighted by Gasteiger charge is 2.38. The van der Waals surface area contributed by atoms with Crippen LogP contribution in [0, 0.1) is 5.92 Å². The summed E-state index contributed by atoms with van der Waals surface area (Å²) in [5, 5.41) is 3.57. The first-order valence-electron chi connectivity index (χ1n) is 3.63. The van der Waals surface area contributed by atoms with Crippen LogP contribution in [0.3, 0.4) is 0 Å². The molecule has 0 aromatic carbocycles. The largest absolute Gasteiger partial charge is 0.394 e. The summed E-state index contributed by atoms with van der Waals surface area (Å²) in [7, 11) is 0. The van der Waals surface area contributed by atoms with E-state index in [4.69, 9.17) is 5.73 Å². The molecular formula is C6H9F3N4. The zero-order chi connectivity index (χ0) is 9.90. The third-order valence-electron chi connectivity index (χ3n) is 1.62. The van der Waals surface area contributed by atoms with Gasteiger partial charge in [0.05, 0.1) is 12.5 Å². The second kappa shape index (κ2) is 3.73. The van der Waals surface area contributed by atoms with E-state index in [1.54, 1.807) is 0 Å². The van der Waals surface area contributed by atoms with Crippen LogP contribution in [0.15, 0.2) is 12.7 Å². The fourth-order valence-electron chi connectivity index (χ4n) is 0.864. The molecule has 7 heteroatoms. The Balaban J connectivity index is 2.60. The van der Waals surface area contributed by atoms with Gasteiger partial charge in [-0.3, -0.25) is 4.68 Å². The van der Waals surface area contributed by atoms with Gasteiger partial charge in [-0.2, -0.15) is 18.3 Å². The molecule has 1 aromatic heterocycles. The van der Waals surface area contributed by atoms with Crippen LogP contribution in [0.2, 0.25) is 0 Å². The molecule has 1 heterocycles. The van der Waals surface area contributed by atoms with Gasteiger partial charge in [0.1, 0.15) is 12.7 Å². The number of hydrogen-bond acceptors (Lipinski definition) is 3. The maximum absolute atomic E-state index is 12.2. The average molecular weight is 194 g/mol. The number of aromatic nitrogens is 3. The minimum atomic E-state index is -4.28. The molecule has 0 aliphatic heterocycles. The lowest BCUT2D eigenvalue weighted by Crippen LogP contribution is -2.33. The van der Waals surface area contributed by atoms with Crippen molar-refractivity contribution < 1.29 is 13.2 Å². The Labute approximate surface area is 72.6 Å². The molecule has 2 N–H and O–H groups in total. The highest BCUT2D eigenvalue weighted by molar-refractivity contribution is 4.69. The van der Waals surface area contributed by atoms with Crippen molar-refractivity contribution in [3.63, 3.8) is 0 Å². The van der Waals surface area contributed by atoms with Crippen molar-refractivity contribution in [2.75, 3.05) is 6.54 Å². The van der Waals surface area contributed by atoms with Gasteiger partial charge in [-0.25, -0.2) is 4.98 Å². The van der Waals surface area contributed by atoms with Crippen molar-refractivity contribution in [3.05, 3.63) is 12.7 Å². The number of alkyl halides is 3. The Kier molecular flexibility index (Phi) is 2.86. The highest BCUT2D eigenvalue weighted by atomic mass is 19.4. The predicted molar refractivity (Wildman–Crippen MR) is 38.6 cm³/mol. The molecular weight excluding hydrogens is 185 g/mol. The lowest BCUT2D eigenvalue weighted by Gasteiger charge is -2.17. The van der Waals surface area contributed by atoms with Gasteiger partial charge < -0.3 is 5.73 Å². The van der Waals surface area contributed by atoms with E-state index in [0.29, 0.717) is 0 Å². The van der Waals surface area contributed by atoms with Gasteiger partial charge in [0, 0.05) is 6.54 Å². The molecule has 0 aliphatic rings. The molecule has 0 saturated carbocycles. The molecule has 0 bridgehead atoms. The van der Waals surface area contributed by atoms with E-state index in [-0.39, 0.29) is 6.54 Å². The van der Waals surface area contributed by atoms with E-state index < -0.39 is 18.6 Å². The lowest BCUT2D eigenvalue weighted by atomic mass is 10.1. The Morgan fingerprint density at radius 3 is 2.54 bits per heavy atom. The summed E-state index contributed by atoms with van der Waals surface area (Å²) in [4.78, 5) is 3.54. The smallest absolute Gasteiger partial charge is 0.330 e. The van der Waals surface area contributed by atoms with Gasteiger partial charge >= 0.3 is 6.18 Å². The molecule has 1 aromatic rings. The fraction of sp³-hybridized carbons (Fsp3) is 0.667. The third kappa shape index (κ3) is 2.69. The normalized spacial score (nSPS) is 14.5. The first-order valence-corrected chi connectivity index (χ1v) is 3.63. The van der Waals surface area contributed by atoms with Crippen LogP contribution in [0.5, 0.6) is 0 Å². The third-order valence-corrected chi connectivity index (χ3v) is 1.62. The van der Waals surface area contributed by atoms with Crippen LogP contribution >= 0.6 is 0 Å². The molecule has 0 fully saturated rings.